The zero-order valence-electron chi connectivity index (χ0n) is 29.6. The maximum atomic E-state index is 15.7. The van der Waals surface area contributed by atoms with E-state index in [9.17, 15) is 31.5 Å². The van der Waals surface area contributed by atoms with Gasteiger partial charge in [-0.2, -0.15) is 23.4 Å². The fraction of sp³-hybridized carbons (Fsp3) is 0.429. The van der Waals surface area contributed by atoms with Gasteiger partial charge in [0.25, 0.3) is 12.3 Å². The molecule has 2 amide bonds. The first kappa shape index (κ1) is 40.1. The topological polar surface area (TPSA) is 146 Å². The summed E-state index contributed by atoms with van der Waals surface area (Å²) in [5.74, 6) is -2.89. The number of rotatable bonds is 12. The Morgan fingerprint density at radius 3 is 2.48 bits per heavy atom. The minimum Gasteiger partial charge on any atom is -0.447 e. The van der Waals surface area contributed by atoms with Crippen molar-refractivity contribution in [3.63, 3.8) is 0 Å². The number of nitrogens with one attached hydrogen (secondary N) is 1. The predicted molar refractivity (Wildman–Crippen MR) is 187 cm³/mol. The number of hydrogen-bond acceptors (Lipinski definition) is 7. The van der Waals surface area contributed by atoms with Crippen LogP contribution in [0.4, 0.5) is 31.1 Å². The van der Waals surface area contributed by atoms with Gasteiger partial charge in [0.05, 0.1) is 29.0 Å². The number of alkyl carbamates (subject to hydrolysis) is 1. The van der Waals surface area contributed by atoms with Gasteiger partial charge in [0, 0.05) is 29.4 Å². The van der Waals surface area contributed by atoms with Crippen molar-refractivity contribution >= 4 is 29.6 Å². The summed E-state index contributed by atoms with van der Waals surface area (Å²) in [6, 6.07) is 4.06. The number of benzene rings is 2. The van der Waals surface area contributed by atoms with E-state index < -0.39 is 60.9 Å². The molecule has 4 aromatic rings. The SMILES string of the molecule is C[C@H](NC(=O)OC[C@H](c1ccc(Cl)c(-n2ncnc2C(F)F)c1)N(C(=O)c1ccc(-c2cnn(C3CC3)c2)c(F)c1)C(N)=NCCC(C)(C)C)C(F)(F)F. The van der Waals surface area contributed by atoms with Gasteiger partial charge in [0.2, 0.25) is 0 Å². The zero-order valence-corrected chi connectivity index (χ0v) is 30.4. The molecule has 0 saturated heterocycles. The second-order valence-electron chi connectivity index (χ2n) is 13.9. The van der Waals surface area contributed by atoms with Crippen LogP contribution in [0.3, 0.4) is 0 Å². The molecule has 1 aliphatic carbocycles. The van der Waals surface area contributed by atoms with Gasteiger partial charge in [-0.1, -0.05) is 44.5 Å². The van der Waals surface area contributed by atoms with Crippen molar-refractivity contribution in [2.75, 3.05) is 13.2 Å². The van der Waals surface area contributed by atoms with Crippen LogP contribution in [-0.4, -0.2) is 72.8 Å². The second-order valence-corrected chi connectivity index (χ2v) is 14.3. The summed E-state index contributed by atoms with van der Waals surface area (Å²) in [6.45, 7) is 5.82. The van der Waals surface area contributed by atoms with Crippen LogP contribution in [0.15, 0.2) is 60.1 Å². The lowest BCUT2D eigenvalue weighted by Gasteiger charge is -2.32. The molecule has 2 aromatic carbocycles. The van der Waals surface area contributed by atoms with Crippen molar-refractivity contribution in [3.8, 4) is 16.8 Å². The molecule has 0 aliphatic heterocycles. The Balaban J connectivity index is 1.59. The monoisotopic (exact) mass is 781 g/mol. The number of aromatic nitrogens is 5. The fourth-order valence-corrected chi connectivity index (χ4v) is 5.48. The number of ether oxygens (including phenoxy) is 1. The number of nitrogens with two attached hydrogens (primary N) is 1. The first-order chi connectivity index (χ1) is 25.3. The van der Waals surface area contributed by atoms with Crippen molar-refractivity contribution in [2.45, 2.75) is 77.7 Å². The summed E-state index contributed by atoms with van der Waals surface area (Å²) in [5, 5.41) is 9.74. The second kappa shape index (κ2) is 16.1. The van der Waals surface area contributed by atoms with Crippen LogP contribution >= 0.6 is 11.6 Å². The molecule has 54 heavy (non-hydrogen) atoms. The number of carbonyl (C=O) groups excluding carboxylic acids is 2. The van der Waals surface area contributed by atoms with Crippen LogP contribution in [0.25, 0.3) is 16.8 Å². The van der Waals surface area contributed by atoms with E-state index >= 15 is 4.39 Å². The Kier molecular flexibility index (Phi) is 11.9. The van der Waals surface area contributed by atoms with Gasteiger partial charge in [-0.15, -0.1) is 0 Å². The molecule has 2 heterocycles. The van der Waals surface area contributed by atoms with E-state index in [2.05, 4.69) is 20.2 Å². The summed E-state index contributed by atoms with van der Waals surface area (Å²) in [7, 11) is 0. The van der Waals surface area contributed by atoms with E-state index in [1.807, 2.05) is 20.8 Å². The van der Waals surface area contributed by atoms with Crippen LogP contribution in [0, 0.1) is 11.2 Å². The molecule has 19 heteroatoms. The third-order valence-electron chi connectivity index (χ3n) is 8.51. The number of hydrogen-bond donors (Lipinski definition) is 2. The van der Waals surface area contributed by atoms with Crippen LogP contribution in [0.5, 0.6) is 0 Å². The van der Waals surface area contributed by atoms with E-state index in [4.69, 9.17) is 22.1 Å². The quantitative estimate of drug-likeness (QED) is 0.0848. The number of aliphatic imine (C=N–C) groups is 1. The van der Waals surface area contributed by atoms with Crippen LogP contribution in [0.1, 0.15) is 87.2 Å². The van der Waals surface area contributed by atoms with Gasteiger partial charge in [-0.05, 0) is 61.4 Å². The highest BCUT2D eigenvalue weighted by molar-refractivity contribution is 6.32. The van der Waals surface area contributed by atoms with Gasteiger partial charge in [-0.3, -0.25) is 19.4 Å². The highest BCUT2D eigenvalue weighted by Gasteiger charge is 2.38. The minimum atomic E-state index is -4.80. The van der Waals surface area contributed by atoms with E-state index in [0.717, 1.165) is 34.8 Å². The lowest BCUT2D eigenvalue weighted by atomic mass is 9.92. The highest BCUT2D eigenvalue weighted by Crippen LogP contribution is 2.36. The highest BCUT2D eigenvalue weighted by atomic mass is 35.5. The largest absolute Gasteiger partial charge is 0.447 e. The summed E-state index contributed by atoms with van der Waals surface area (Å²) in [6.07, 6.45) is -2.86. The van der Waals surface area contributed by atoms with Crippen LogP contribution < -0.4 is 11.1 Å². The van der Waals surface area contributed by atoms with Crippen molar-refractivity contribution in [1.29, 1.82) is 0 Å². The number of nitrogens with zero attached hydrogens (tertiary/aromatic N) is 7. The van der Waals surface area contributed by atoms with Gasteiger partial charge in [0.15, 0.2) is 11.8 Å². The normalized spacial score (nSPS) is 14.9. The Hall–Kier alpha value is -5.13. The van der Waals surface area contributed by atoms with Crippen molar-refractivity contribution in [1.82, 2.24) is 34.8 Å². The maximum Gasteiger partial charge on any atom is 0.408 e. The van der Waals surface area contributed by atoms with Gasteiger partial charge in [0.1, 0.15) is 24.8 Å². The lowest BCUT2D eigenvalue weighted by molar-refractivity contribution is -0.150. The fourth-order valence-electron chi connectivity index (χ4n) is 5.28. The van der Waals surface area contributed by atoms with Gasteiger partial charge in [-0.25, -0.2) is 27.6 Å². The molecule has 2 aromatic heterocycles. The average Bonchev–Trinajstić information content (AvgIpc) is 3.60. The zero-order chi connectivity index (χ0) is 39.5. The van der Waals surface area contributed by atoms with Crippen molar-refractivity contribution < 1.29 is 40.7 Å². The van der Waals surface area contributed by atoms with E-state index in [1.54, 1.807) is 16.2 Å². The first-order valence-electron chi connectivity index (χ1n) is 16.8. The molecular weight excluding hydrogens is 744 g/mol. The molecule has 1 aliphatic rings. The van der Waals surface area contributed by atoms with Crippen LogP contribution in [0.2, 0.25) is 5.02 Å². The number of guanidine groups is 1. The Morgan fingerprint density at radius 1 is 1.13 bits per heavy atom. The third kappa shape index (κ3) is 9.69. The average molecular weight is 782 g/mol. The summed E-state index contributed by atoms with van der Waals surface area (Å²) in [5.41, 5.74) is 6.62. The number of halogens is 7. The smallest absolute Gasteiger partial charge is 0.408 e. The summed E-state index contributed by atoms with van der Waals surface area (Å²) < 4.78 is 90.9. The third-order valence-corrected chi connectivity index (χ3v) is 8.83. The van der Waals surface area contributed by atoms with Gasteiger partial charge < -0.3 is 15.8 Å². The molecule has 2 atom stereocenters. The maximum absolute atomic E-state index is 15.7. The van der Waals surface area contributed by atoms with Crippen LogP contribution in [-0.2, 0) is 4.74 Å². The number of alkyl halides is 5. The molecule has 5 rings (SSSR count). The standard InChI is InChI=1S/C35H38ClF6N9O3/c1-19(35(40,41)42)48-33(53)54-17-28(20-6-10-25(36)27(14-20)51-30(29(38)39)45-18-47-51)50(32(43)44-12-11-34(2,3)4)31(52)21-5-9-24(26(37)13-21)22-15-46-49(16-22)23-7-8-23/h5-6,9-10,13-16,18-19,23,28-29H,7-8,11-12,17H2,1-4H3,(H2,43,44)(H,48,53)/t19-,28+/m0/s1. The number of amides is 2. The van der Waals surface area contributed by atoms with Gasteiger partial charge >= 0.3 is 12.3 Å². The molecule has 290 valence electrons. The Bertz CT molecular complexity index is 2010. The van der Waals surface area contributed by atoms with E-state index in [1.165, 1.54) is 36.5 Å². The predicted octanol–water partition coefficient (Wildman–Crippen LogP) is 7.81. The van der Waals surface area contributed by atoms with E-state index in [0.29, 0.717) is 18.9 Å². The summed E-state index contributed by atoms with van der Waals surface area (Å²) in [4.78, 5) is 36.0. The summed E-state index contributed by atoms with van der Waals surface area (Å²) >= 11 is 6.40. The first-order valence-corrected chi connectivity index (χ1v) is 17.2. The van der Waals surface area contributed by atoms with E-state index in [-0.39, 0.29) is 45.4 Å². The molecule has 12 nitrogen and oxygen atoms in total. The van der Waals surface area contributed by atoms with Crippen molar-refractivity contribution in [2.24, 2.45) is 16.1 Å². The molecule has 0 bridgehead atoms. The molecule has 1 fully saturated rings. The Labute approximate surface area is 311 Å². The molecule has 0 radical (unpaired) electrons. The molecule has 0 unspecified atom stereocenters. The van der Waals surface area contributed by atoms with Crippen molar-refractivity contribution in [3.05, 3.63) is 82.9 Å². The Morgan fingerprint density at radius 2 is 1.85 bits per heavy atom. The molecule has 1 saturated carbocycles. The minimum absolute atomic E-state index is 0.0497. The molecule has 0 spiro atoms. The number of carbonyl (C=O) groups is 2. The lowest BCUT2D eigenvalue weighted by Crippen LogP contribution is -2.47. The molecule has 3 N–H and O–H groups in total. The molecular formula is C35H38ClF6N9O3.